The van der Waals surface area contributed by atoms with Crippen LogP contribution in [0.2, 0.25) is 5.02 Å². The van der Waals surface area contributed by atoms with Gasteiger partial charge in [0.2, 0.25) is 11.8 Å². The summed E-state index contributed by atoms with van der Waals surface area (Å²) in [7, 11) is 1.64. The molecule has 0 spiro atoms. The Morgan fingerprint density at radius 2 is 1.81 bits per heavy atom. The number of amides is 2. The molecular formula is C24H28ClN3O3. The molecule has 164 valence electrons. The van der Waals surface area contributed by atoms with Crippen molar-refractivity contribution in [2.75, 3.05) is 33.4 Å². The summed E-state index contributed by atoms with van der Waals surface area (Å²) < 4.78 is 5.60. The summed E-state index contributed by atoms with van der Waals surface area (Å²) in [5.41, 5.74) is 0.146. The number of likely N-dealkylation sites (N-methyl/N-ethyl adjacent to an activating group) is 1. The monoisotopic (exact) mass is 441 g/mol. The first-order chi connectivity index (χ1) is 15.0. The minimum absolute atomic E-state index is 0.0574. The molecule has 0 radical (unpaired) electrons. The van der Waals surface area contributed by atoms with Gasteiger partial charge in [-0.3, -0.25) is 14.6 Å². The largest absolute Gasteiger partial charge is 0.381 e. The molecule has 3 heterocycles. The number of hydrogen-bond acceptors (Lipinski definition) is 4. The van der Waals surface area contributed by atoms with E-state index in [0.717, 1.165) is 12.0 Å². The fourth-order valence-electron chi connectivity index (χ4n) is 5.04. The van der Waals surface area contributed by atoms with Crippen LogP contribution in [0.25, 0.3) is 0 Å². The van der Waals surface area contributed by atoms with Crippen molar-refractivity contribution in [1.29, 1.82) is 0 Å². The van der Waals surface area contributed by atoms with Gasteiger partial charge in [0.1, 0.15) is 5.41 Å². The summed E-state index contributed by atoms with van der Waals surface area (Å²) in [6, 6.07) is 13.2. The molecule has 1 aromatic carbocycles. The maximum Gasteiger partial charge on any atom is 0.233 e. The lowest BCUT2D eigenvalue weighted by molar-refractivity contribution is -0.145. The van der Waals surface area contributed by atoms with Crippen molar-refractivity contribution in [3.8, 4) is 0 Å². The van der Waals surface area contributed by atoms with Gasteiger partial charge < -0.3 is 15.0 Å². The smallest absolute Gasteiger partial charge is 0.233 e. The van der Waals surface area contributed by atoms with Gasteiger partial charge in [-0.2, -0.15) is 0 Å². The fraction of sp³-hybridized carbons (Fsp3) is 0.458. The lowest BCUT2D eigenvalue weighted by atomic mass is 9.71. The molecule has 1 atom stereocenters. The molecule has 2 amide bonds. The van der Waals surface area contributed by atoms with Crippen LogP contribution in [-0.2, 0) is 25.2 Å². The first-order valence-corrected chi connectivity index (χ1v) is 11.2. The SMILES string of the molecule is CNC(=O)[C@@]1(c2ccccn2)CCCN(C(=O)C2(c3ccc(Cl)cc3)CCOCC2)C1. The quantitative estimate of drug-likeness (QED) is 0.791. The zero-order chi connectivity index (χ0) is 21.9. The van der Waals surface area contributed by atoms with E-state index in [1.165, 1.54) is 0 Å². The number of likely N-dealkylation sites (tertiary alicyclic amines) is 1. The second-order valence-corrected chi connectivity index (χ2v) is 8.84. The van der Waals surface area contributed by atoms with Crippen molar-refractivity contribution < 1.29 is 14.3 Å². The lowest BCUT2D eigenvalue weighted by Crippen LogP contribution is -2.59. The number of aromatic nitrogens is 1. The molecule has 0 saturated carbocycles. The third kappa shape index (κ3) is 3.94. The molecule has 2 saturated heterocycles. The Labute approximate surface area is 187 Å². The van der Waals surface area contributed by atoms with Crippen molar-refractivity contribution in [3.05, 3.63) is 64.9 Å². The van der Waals surface area contributed by atoms with Crippen LogP contribution in [-0.4, -0.2) is 55.0 Å². The van der Waals surface area contributed by atoms with Gasteiger partial charge in [-0.15, -0.1) is 0 Å². The van der Waals surface area contributed by atoms with E-state index in [2.05, 4.69) is 10.3 Å². The van der Waals surface area contributed by atoms with Crippen LogP contribution in [0.15, 0.2) is 48.7 Å². The molecule has 0 aliphatic carbocycles. The summed E-state index contributed by atoms with van der Waals surface area (Å²) >= 11 is 6.11. The number of pyridine rings is 1. The van der Waals surface area contributed by atoms with Gasteiger partial charge in [0.15, 0.2) is 0 Å². The van der Waals surface area contributed by atoms with Gasteiger partial charge in [-0.25, -0.2) is 0 Å². The highest BCUT2D eigenvalue weighted by Gasteiger charge is 2.50. The average Bonchev–Trinajstić information content (AvgIpc) is 2.84. The molecule has 1 N–H and O–H groups in total. The molecule has 2 aliphatic rings. The fourth-order valence-corrected chi connectivity index (χ4v) is 5.17. The van der Waals surface area contributed by atoms with E-state index in [1.807, 2.05) is 47.4 Å². The zero-order valence-corrected chi connectivity index (χ0v) is 18.5. The molecular weight excluding hydrogens is 414 g/mol. The number of hydrogen-bond donors (Lipinski definition) is 1. The van der Waals surface area contributed by atoms with Gasteiger partial charge in [-0.05, 0) is 55.5 Å². The normalized spacial score (nSPS) is 23.2. The van der Waals surface area contributed by atoms with Crippen molar-refractivity contribution in [1.82, 2.24) is 15.2 Å². The van der Waals surface area contributed by atoms with Crippen molar-refractivity contribution >= 4 is 23.4 Å². The van der Waals surface area contributed by atoms with Crippen molar-refractivity contribution in [2.24, 2.45) is 0 Å². The predicted octanol–water partition coefficient (Wildman–Crippen LogP) is 3.09. The van der Waals surface area contributed by atoms with Crippen LogP contribution >= 0.6 is 11.6 Å². The first-order valence-electron chi connectivity index (χ1n) is 10.8. The van der Waals surface area contributed by atoms with Crippen molar-refractivity contribution in [3.63, 3.8) is 0 Å². The van der Waals surface area contributed by atoms with Crippen LogP contribution in [0.5, 0.6) is 0 Å². The molecule has 0 bridgehead atoms. The van der Waals surface area contributed by atoms with Gasteiger partial charge in [0, 0.05) is 44.6 Å². The van der Waals surface area contributed by atoms with Gasteiger partial charge in [-0.1, -0.05) is 29.8 Å². The Balaban J connectivity index is 1.71. The number of halogens is 1. The molecule has 1 aromatic heterocycles. The van der Waals surface area contributed by atoms with Crippen LogP contribution in [0.1, 0.15) is 36.9 Å². The molecule has 6 nitrogen and oxygen atoms in total. The van der Waals surface area contributed by atoms with Crippen LogP contribution in [0.4, 0.5) is 0 Å². The highest BCUT2D eigenvalue weighted by molar-refractivity contribution is 6.30. The molecule has 4 rings (SSSR count). The van der Waals surface area contributed by atoms with E-state index in [-0.39, 0.29) is 11.8 Å². The Morgan fingerprint density at radius 1 is 1.06 bits per heavy atom. The van der Waals surface area contributed by atoms with Crippen LogP contribution < -0.4 is 5.32 Å². The molecule has 31 heavy (non-hydrogen) atoms. The maximum absolute atomic E-state index is 14.1. The highest BCUT2D eigenvalue weighted by atomic mass is 35.5. The molecule has 2 aliphatic heterocycles. The molecule has 0 unspecified atom stereocenters. The summed E-state index contributed by atoms with van der Waals surface area (Å²) in [5.74, 6) is -0.0433. The summed E-state index contributed by atoms with van der Waals surface area (Å²) in [5, 5.41) is 3.45. The van der Waals surface area contributed by atoms with E-state index >= 15 is 0 Å². The highest BCUT2D eigenvalue weighted by Crippen LogP contribution is 2.40. The average molecular weight is 442 g/mol. The molecule has 2 aromatic rings. The van der Waals surface area contributed by atoms with E-state index in [9.17, 15) is 9.59 Å². The number of benzene rings is 1. The second-order valence-electron chi connectivity index (χ2n) is 8.41. The lowest BCUT2D eigenvalue weighted by Gasteiger charge is -2.46. The van der Waals surface area contributed by atoms with E-state index in [1.54, 1.807) is 13.2 Å². The standard InChI is InChI=1S/C24H28ClN3O3/c1-26-21(29)24(20-5-2-3-13-27-20)10-4-14-28(17-24)22(30)23(11-15-31-16-12-23)18-6-8-19(25)9-7-18/h2-3,5-9,13H,4,10-12,14-17H2,1H3,(H,26,29)/t24-/m0/s1. The van der Waals surface area contributed by atoms with Gasteiger partial charge >= 0.3 is 0 Å². The molecule has 7 heteroatoms. The topological polar surface area (TPSA) is 71.5 Å². The Kier molecular flexibility index (Phi) is 6.30. The minimum atomic E-state index is -0.851. The maximum atomic E-state index is 14.1. The number of piperidine rings is 1. The first kappa shape index (κ1) is 21.8. The van der Waals surface area contributed by atoms with Crippen LogP contribution in [0, 0.1) is 0 Å². The second kappa shape index (κ2) is 8.97. The van der Waals surface area contributed by atoms with Gasteiger partial charge in [0.05, 0.1) is 11.1 Å². The van der Waals surface area contributed by atoms with Gasteiger partial charge in [0.25, 0.3) is 0 Å². The number of carbonyl (C=O) groups is 2. The number of nitrogens with one attached hydrogen (secondary N) is 1. The summed E-state index contributed by atoms with van der Waals surface area (Å²) in [6.07, 6.45) is 4.32. The Hall–Kier alpha value is -2.44. The molecule has 2 fully saturated rings. The van der Waals surface area contributed by atoms with E-state index in [0.29, 0.717) is 56.3 Å². The third-order valence-corrected chi connectivity index (χ3v) is 7.00. The Morgan fingerprint density at radius 3 is 2.45 bits per heavy atom. The number of nitrogens with zero attached hydrogens (tertiary/aromatic N) is 2. The summed E-state index contributed by atoms with van der Waals surface area (Å²) in [4.78, 5) is 33.5. The number of rotatable bonds is 4. The third-order valence-electron chi connectivity index (χ3n) is 6.75. The van der Waals surface area contributed by atoms with E-state index in [4.69, 9.17) is 16.3 Å². The minimum Gasteiger partial charge on any atom is -0.381 e. The summed E-state index contributed by atoms with van der Waals surface area (Å²) in [6.45, 7) is 2.01. The predicted molar refractivity (Wildman–Crippen MR) is 119 cm³/mol. The van der Waals surface area contributed by atoms with Crippen LogP contribution in [0.3, 0.4) is 0 Å². The Bertz CT molecular complexity index is 929. The van der Waals surface area contributed by atoms with Crippen molar-refractivity contribution in [2.45, 2.75) is 36.5 Å². The number of carbonyl (C=O) groups excluding carboxylic acids is 2. The number of ether oxygens (including phenoxy) is 1. The zero-order valence-electron chi connectivity index (χ0n) is 17.8. The van der Waals surface area contributed by atoms with E-state index < -0.39 is 10.8 Å².